The summed E-state index contributed by atoms with van der Waals surface area (Å²) < 4.78 is 0. The summed E-state index contributed by atoms with van der Waals surface area (Å²) in [5, 5.41) is 5.16. The maximum atomic E-state index is 11.2. The summed E-state index contributed by atoms with van der Waals surface area (Å²) in [4.78, 5) is 22.2. The maximum Gasteiger partial charge on any atom is 0.232 e. The Bertz CT molecular complexity index is 227. The van der Waals surface area contributed by atoms with Gasteiger partial charge in [-0.05, 0) is 19.8 Å². The van der Waals surface area contributed by atoms with E-state index in [9.17, 15) is 9.59 Å². The highest BCUT2D eigenvalue weighted by molar-refractivity contribution is 7.81. The second-order valence-electron chi connectivity index (χ2n) is 3.56. The fourth-order valence-electron chi connectivity index (χ4n) is 0.974. The van der Waals surface area contributed by atoms with E-state index in [0.717, 1.165) is 12.8 Å². The smallest absolute Gasteiger partial charge is 0.232 e. The Balaban J connectivity index is 2.02. The zero-order valence-corrected chi connectivity index (χ0v) is 9.14. The number of amides is 2. The fraction of sp³-hybridized carbons (Fsp3) is 0.778. The molecule has 14 heavy (non-hydrogen) atoms. The normalized spacial score (nSPS) is 17.3. The molecule has 0 aromatic heterocycles. The summed E-state index contributed by atoms with van der Waals surface area (Å²) >= 11 is 3.97. The lowest BCUT2D eigenvalue weighted by molar-refractivity contribution is -0.122. The van der Waals surface area contributed by atoms with Crippen molar-refractivity contribution in [1.82, 2.24) is 10.6 Å². The minimum absolute atomic E-state index is 0.0135. The van der Waals surface area contributed by atoms with Crippen molar-refractivity contribution >= 4 is 24.4 Å². The van der Waals surface area contributed by atoms with Crippen molar-refractivity contribution in [3.8, 4) is 0 Å². The van der Waals surface area contributed by atoms with Crippen LogP contribution in [-0.4, -0.2) is 29.7 Å². The zero-order valence-electron chi connectivity index (χ0n) is 8.25. The SMILES string of the molecule is CC(S)C(=O)NCCC(=O)NC1CC1. The van der Waals surface area contributed by atoms with Crippen molar-refractivity contribution in [3.63, 3.8) is 0 Å². The van der Waals surface area contributed by atoms with Crippen molar-refractivity contribution in [1.29, 1.82) is 0 Å². The lowest BCUT2D eigenvalue weighted by Crippen LogP contribution is -2.34. The van der Waals surface area contributed by atoms with Crippen LogP contribution in [0.5, 0.6) is 0 Å². The first-order valence-corrected chi connectivity index (χ1v) is 5.36. The number of hydrogen-bond acceptors (Lipinski definition) is 3. The Morgan fingerprint density at radius 1 is 1.50 bits per heavy atom. The van der Waals surface area contributed by atoms with Gasteiger partial charge in [-0.25, -0.2) is 0 Å². The zero-order chi connectivity index (χ0) is 10.6. The molecule has 1 aliphatic rings. The van der Waals surface area contributed by atoms with Crippen LogP contribution in [0.2, 0.25) is 0 Å². The number of nitrogens with one attached hydrogen (secondary N) is 2. The molecule has 1 atom stereocenters. The van der Waals surface area contributed by atoms with Crippen LogP contribution in [0.15, 0.2) is 0 Å². The molecule has 0 radical (unpaired) electrons. The van der Waals surface area contributed by atoms with E-state index < -0.39 is 0 Å². The molecule has 1 rings (SSSR count). The van der Waals surface area contributed by atoms with Crippen LogP contribution in [0.1, 0.15) is 26.2 Å². The summed E-state index contributed by atoms with van der Waals surface area (Å²) in [7, 11) is 0. The molecule has 0 aromatic rings. The topological polar surface area (TPSA) is 58.2 Å². The van der Waals surface area contributed by atoms with Gasteiger partial charge < -0.3 is 10.6 Å². The van der Waals surface area contributed by atoms with Gasteiger partial charge in [-0.15, -0.1) is 0 Å². The molecule has 2 N–H and O–H groups in total. The molecule has 0 aliphatic heterocycles. The fourth-order valence-corrected chi connectivity index (χ4v) is 1.07. The van der Waals surface area contributed by atoms with Crippen LogP contribution >= 0.6 is 12.6 Å². The highest BCUT2D eigenvalue weighted by Crippen LogP contribution is 2.18. The maximum absolute atomic E-state index is 11.2. The second kappa shape index (κ2) is 5.24. The summed E-state index contributed by atoms with van der Waals surface area (Å²) in [6.07, 6.45) is 2.53. The van der Waals surface area contributed by atoms with Gasteiger partial charge in [0, 0.05) is 19.0 Å². The average Bonchev–Trinajstić information content (AvgIpc) is 2.87. The van der Waals surface area contributed by atoms with Gasteiger partial charge in [0.25, 0.3) is 0 Å². The van der Waals surface area contributed by atoms with E-state index in [1.807, 2.05) is 0 Å². The highest BCUT2D eigenvalue weighted by Gasteiger charge is 2.22. The monoisotopic (exact) mass is 216 g/mol. The van der Waals surface area contributed by atoms with E-state index in [1.165, 1.54) is 0 Å². The molecule has 80 valence electrons. The van der Waals surface area contributed by atoms with Crippen LogP contribution in [0.25, 0.3) is 0 Å². The number of hydrogen-bond donors (Lipinski definition) is 3. The third kappa shape index (κ3) is 4.50. The molecule has 2 amide bonds. The minimum atomic E-state index is -0.318. The molecular formula is C9H16N2O2S. The van der Waals surface area contributed by atoms with Crippen LogP contribution < -0.4 is 10.6 Å². The van der Waals surface area contributed by atoms with Crippen molar-refractivity contribution < 1.29 is 9.59 Å². The van der Waals surface area contributed by atoms with E-state index in [4.69, 9.17) is 0 Å². The van der Waals surface area contributed by atoms with Crippen molar-refractivity contribution in [2.75, 3.05) is 6.54 Å². The van der Waals surface area contributed by atoms with Gasteiger partial charge in [0.2, 0.25) is 11.8 Å². The molecular weight excluding hydrogens is 200 g/mol. The number of carbonyl (C=O) groups excluding carboxylic acids is 2. The molecule has 4 nitrogen and oxygen atoms in total. The standard InChI is InChI=1S/C9H16N2O2S/c1-6(14)9(13)10-5-4-8(12)11-7-2-3-7/h6-7,14H,2-5H2,1H3,(H,10,13)(H,11,12). The van der Waals surface area contributed by atoms with E-state index >= 15 is 0 Å². The van der Waals surface area contributed by atoms with Gasteiger partial charge in [0.15, 0.2) is 0 Å². The average molecular weight is 216 g/mol. The van der Waals surface area contributed by atoms with Crippen LogP contribution in [0.3, 0.4) is 0 Å². The molecule has 1 saturated carbocycles. The summed E-state index contributed by atoms with van der Waals surface area (Å²) in [5.74, 6) is -0.118. The first-order valence-electron chi connectivity index (χ1n) is 4.84. The van der Waals surface area contributed by atoms with E-state index in [1.54, 1.807) is 6.92 Å². The lowest BCUT2D eigenvalue weighted by atomic mass is 10.3. The molecule has 0 saturated heterocycles. The number of rotatable bonds is 5. The quantitative estimate of drug-likeness (QED) is 0.570. The largest absolute Gasteiger partial charge is 0.355 e. The highest BCUT2D eigenvalue weighted by atomic mass is 32.1. The molecule has 1 aliphatic carbocycles. The van der Waals surface area contributed by atoms with Crippen LogP contribution in [0, 0.1) is 0 Å². The van der Waals surface area contributed by atoms with Gasteiger partial charge in [0.05, 0.1) is 5.25 Å². The van der Waals surface area contributed by atoms with Gasteiger partial charge in [-0.3, -0.25) is 9.59 Å². The molecule has 1 fully saturated rings. The van der Waals surface area contributed by atoms with E-state index in [0.29, 0.717) is 19.0 Å². The van der Waals surface area contributed by atoms with Gasteiger partial charge in [-0.1, -0.05) is 0 Å². The predicted molar refractivity (Wildman–Crippen MR) is 57.2 cm³/mol. The molecule has 0 spiro atoms. The first kappa shape index (κ1) is 11.4. The number of carbonyl (C=O) groups is 2. The Morgan fingerprint density at radius 2 is 2.14 bits per heavy atom. The predicted octanol–water partition coefficient (Wildman–Crippen LogP) is 0.0896. The molecule has 5 heteroatoms. The third-order valence-electron chi connectivity index (χ3n) is 1.97. The second-order valence-corrected chi connectivity index (χ2v) is 4.33. The Kier molecular flexibility index (Phi) is 4.25. The molecule has 1 unspecified atom stereocenters. The molecule has 0 bridgehead atoms. The van der Waals surface area contributed by atoms with Gasteiger partial charge >= 0.3 is 0 Å². The summed E-state index contributed by atoms with van der Waals surface area (Å²) in [6, 6.07) is 0.391. The van der Waals surface area contributed by atoms with E-state index in [-0.39, 0.29) is 17.1 Å². The lowest BCUT2D eigenvalue weighted by Gasteiger charge is -2.07. The Labute approximate surface area is 89.2 Å². The first-order chi connectivity index (χ1) is 6.59. The Morgan fingerprint density at radius 3 is 2.64 bits per heavy atom. The molecule has 0 heterocycles. The summed E-state index contributed by atoms with van der Waals surface area (Å²) in [6.45, 7) is 2.09. The molecule has 0 aromatic carbocycles. The third-order valence-corrected chi connectivity index (χ3v) is 2.21. The van der Waals surface area contributed by atoms with Crippen molar-refractivity contribution in [2.24, 2.45) is 0 Å². The minimum Gasteiger partial charge on any atom is -0.355 e. The van der Waals surface area contributed by atoms with Crippen LogP contribution in [-0.2, 0) is 9.59 Å². The van der Waals surface area contributed by atoms with E-state index in [2.05, 4.69) is 23.3 Å². The summed E-state index contributed by atoms with van der Waals surface area (Å²) in [5.41, 5.74) is 0. The number of thiol groups is 1. The Hall–Kier alpha value is -0.710. The van der Waals surface area contributed by atoms with Gasteiger partial charge in [0.1, 0.15) is 0 Å². The van der Waals surface area contributed by atoms with Crippen molar-refractivity contribution in [3.05, 3.63) is 0 Å². The van der Waals surface area contributed by atoms with Gasteiger partial charge in [-0.2, -0.15) is 12.6 Å². The van der Waals surface area contributed by atoms with Crippen molar-refractivity contribution in [2.45, 2.75) is 37.5 Å². The van der Waals surface area contributed by atoms with Crippen LogP contribution in [0.4, 0.5) is 0 Å².